The first-order valence-electron chi connectivity index (χ1n) is 6.52. The van der Waals surface area contributed by atoms with Gasteiger partial charge in [0.25, 0.3) is 5.91 Å². The number of nitrogens with one attached hydrogen (secondary N) is 2. The molecule has 0 bridgehead atoms. The Balaban J connectivity index is 2.08. The molecule has 0 unspecified atom stereocenters. The van der Waals surface area contributed by atoms with Crippen LogP contribution in [0.3, 0.4) is 0 Å². The molecule has 0 saturated heterocycles. The third-order valence-electron chi connectivity index (χ3n) is 2.86. The number of hydrogen-bond donors (Lipinski definition) is 2. The largest absolute Gasteiger partial charge is 0.453 e. The Morgan fingerprint density at radius 3 is 2.70 bits per heavy atom. The summed E-state index contributed by atoms with van der Waals surface area (Å²) in [7, 11) is 1.27. The number of hydrogen-bond acceptors (Lipinski definition) is 4. The molecule has 23 heavy (non-hydrogen) atoms. The SMILES string of the molecule is COC(=O)NCc1cc(C(=O)Nc2ccc(Cl)cc2Cl)ccn1. The molecule has 2 rings (SSSR count). The van der Waals surface area contributed by atoms with Crippen molar-refractivity contribution in [2.24, 2.45) is 0 Å². The van der Waals surface area contributed by atoms with Crippen LogP contribution in [-0.4, -0.2) is 24.1 Å². The van der Waals surface area contributed by atoms with E-state index in [-0.39, 0.29) is 12.5 Å². The summed E-state index contributed by atoms with van der Waals surface area (Å²) in [6.45, 7) is 0.148. The molecule has 2 aromatic rings. The molecule has 8 heteroatoms. The number of carbonyl (C=O) groups is 2. The zero-order chi connectivity index (χ0) is 16.8. The van der Waals surface area contributed by atoms with Gasteiger partial charge in [-0.2, -0.15) is 0 Å². The molecule has 0 atom stereocenters. The molecule has 0 saturated carbocycles. The molecule has 0 aliphatic rings. The number of benzene rings is 1. The van der Waals surface area contributed by atoms with Gasteiger partial charge in [-0.25, -0.2) is 4.79 Å². The second-order valence-electron chi connectivity index (χ2n) is 4.46. The van der Waals surface area contributed by atoms with Gasteiger partial charge in [0.05, 0.1) is 30.1 Å². The van der Waals surface area contributed by atoms with E-state index in [1.54, 1.807) is 24.3 Å². The molecular weight excluding hydrogens is 341 g/mol. The van der Waals surface area contributed by atoms with Gasteiger partial charge in [0.2, 0.25) is 0 Å². The van der Waals surface area contributed by atoms with E-state index in [1.165, 1.54) is 19.4 Å². The third kappa shape index (κ3) is 4.84. The first kappa shape index (κ1) is 17.1. The van der Waals surface area contributed by atoms with Crippen LogP contribution in [0.4, 0.5) is 10.5 Å². The number of pyridine rings is 1. The second-order valence-corrected chi connectivity index (χ2v) is 5.30. The molecule has 2 N–H and O–H groups in total. The summed E-state index contributed by atoms with van der Waals surface area (Å²) in [6, 6.07) is 7.90. The van der Waals surface area contributed by atoms with E-state index in [9.17, 15) is 9.59 Å². The van der Waals surface area contributed by atoms with Crippen molar-refractivity contribution in [2.75, 3.05) is 12.4 Å². The van der Waals surface area contributed by atoms with E-state index in [4.69, 9.17) is 23.2 Å². The summed E-state index contributed by atoms with van der Waals surface area (Å²) < 4.78 is 4.47. The number of methoxy groups -OCH3 is 1. The zero-order valence-corrected chi connectivity index (χ0v) is 13.6. The van der Waals surface area contributed by atoms with Crippen LogP contribution in [0.5, 0.6) is 0 Å². The van der Waals surface area contributed by atoms with Crippen LogP contribution in [-0.2, 0) is 11.3 Å². The molecular formula is C15H13Cl2N3O3. The quantitative estimate of drug-likeness (QED) is 0.881. The minimum Gasteiger partial charge on any atom is -0.453 e. The summed E-state index contributed by atoms with van der Waals surface area (Å²) in [4.78, 5) is 27.4. The highest BCUT2D eigenvalue weighted by Crippen LogP contribution is 2.25. The van der Waals surface area contributed by atoms with E-state index >= 15 is 0 Å². The summed E-state index contributed by atoms with van der Waals surface area (Å²) in [5, 5.41) is 6.00. The van der Waals surface area contributed by atoms with Crippen LogP contribution < -0.4 is 10.6 Å². The lowest BCUT2D eigenvalue weighted by Crippen LogP contribution is -2.23. The Bertz CT molecular complexity index is 738. The predicted octanol–water partition coefficient (Wildman–Crippen LogP) is 3.50. The molecule has 2 amide bonds. The second kappa shape index (κ2) is 7.80. The van der Waals surface area contributed by atoms with Gasteiger partial charge in [0.15, 0.2) is 0 Å². The number of ether oxygens (including phenoxy) is 1. The number of carbonyl (C=O) groups excluding carboxylic acids is 2. The van der Waals surface area contributed by atoms with Crippen molar-refractivity contribution in [2.45, 2.75) is 6.54 Å². The molecule has 1 aromatic carbocycles. The first-order chi connectivity index (χ1) is 11.0. The lowest BCUT2D eigenvalue weighted by atomic mass is 10.2. The highest BCUT2D eigenvalue weighted by Gasteiger charge is 2.10. The standard InChI is InChI=1S/C15H13Cl2N3O3/c1-23-15(22)19-8-11-6-9(4-5-18-11)14(21)20-13-3-2-10(16)7-12(13)17/h2-7H,8H2,1H3,(H,19,22)(H,20,21). The molecule has 0 spiro atoms. The molecule has 0 aliphatic heterocycles. The van der Waals surface area contributed by atoms with Gasteiger partial charge in [0.1, 0.15) is 0 Å². The first-order valence-corrected chi connectivity index (χ1v) is 7.28. The fourth-order valence-corrected chi connectivity index (χ4v) is 2.19. The average Bonchev–Trinajstić information content (AvgIpc) is 2.55. The smallest absolute Gasteiger partial charge is 0.407 e. The maximum absolute atomic E-state index is 12.3. The summed E-state index contributed by atoms with van der Waals surface area (Å²) in [5.41, 5.74) is 1.35. The van der Waals surface area contributed by atoms with Gasteiger partial charge in [0, 0.05) is 16.8 Å². The summed E-state index contributed by atoms with van der Waals surface area (Å²) in [6.07, 6.45) is 0.904. The van der Waals surface area contributed by atoms with Gasteiger partial charge in [-0.05, 0) is 30.3 Å². The molecule has 0 radical (unpaired) electrons. The van der Waals surface area contributed by atoms with E-state index in [2.05, 4.69) is 20.4 Å². The van der Waals surface area contributed by atoms with Crippen molar-refractivity contribution >= 4 is 40.9 Å². The predicted molar refractivity (Wildman–Crippen MR) is 87.9 cm³/mol. The fourth-order valence-electron chi connectivity index (χ4n) is 1.74. The number of anilines is 1. The minimum absolute atomic E-state index is 0.148. The molecule has 6 nitrogen and oxygen atoms in total. The van der Waals surface area contributed by atoms with E-state index in [1.807, 2.05) is 0 Å². The Kier molecular flexibility index (Phi) is 5.78. The summed E-state index contributed by atoms with van der Waals surface area (Å²) >= 11 is 11.8. The Hall–Kier alpha value is -2.31. The van der Waals surface area contributed by atoms with Gasteiger partial charge in [-0.15, -0.1) is 0 Å². The molecule has 120 valence electrons. The maximum Gasteiger partial charge on any atom is 0.407 e. The topological polar surface area (TPSA) is 80.3 Å². The van der Waals surface area contributed by atoms with Gasteiger partial charge >= 0.3 is 6.09 Å². The zero-order valence-electron chi connectivity index (χ0n) is 12.1. The van der Waals surface area contributed by atoms with Crippen LogP contribution in [0, 0.1) is 0 Å². The summed E-state index contributed by atoms with van der Waals surface area (Å²) in [5.74, 6) is -0.351. The van der Waals surface area contributed by atoms with Crippen LogP contribution in [0.2, 0.25) is 10.0 Å². The molecule has 1 heterocycles. The van der Waals surface area contributed by atoms with Crippen molar-refractivity contribution in [3.05, 3.63) is 57.8 Å². The number of aromatic nitrogens is 1. The lowest BCUT2D eigenvalue weighted by molar-refractivity contribution is 0.102. The van der Waals surface area contributed by atoms with Gasteiger partial charge in [-0.3, -0.25) is 9.78 Å². The maximum atomic E-state index is 12.3. The normalized spacial score (nSPS) is 10.0. The van der Waals surface area contributed by atoms with Crippen LogP contribution in [0.1, 0.15) is 16.1 Å². The highest BCUT2D eigenvalue weighted by atomic mass is 35.5. The van der Waals surface area contributed by atoms with Crippen molar-refractivity contribution in [1.29, 1.82) is 0 Å². The van der Waals surface area contributed by atoms with Crippen LogP contribution >= 0.6 is 23.2 Å². The number of alkyl carbamates (subject to hydrolysis) is 1. The number of halogens is 2. The lowest BCUT2D eigenvalue weighted by Gasteiger charge is -2.09. The van der Waals surface area contributed by atoms with Gasteiger partial charge in [-0.1, -0.05) is 23.2 Å². The van der Waals surface area contributed by atoms with Gasteiger partial charge < -0.3 is 15.4 Å². The van der Waals surface area contributed by atoms with E-state index in [0.29, 0.717) is 27.0 Å². The number of amides is 2. The average molecular weight is 354 g/mol. The van der Waals surface area contributed by atoms with Crippen molar-refractivity contribution in [1.82, 2.24) is 10.3 Å². The van der Waals surface area contributed by atoms with Crippen molar-refractivity contribution < 1.29 is 14.3 Å². The van der Waals surface area contributed by atoms with E-state index in [0.717, 1.165) is 0 Å². The van der Waals surface area contributed by atoms with Crippen LogP contribution in [0.15, 0.2) is 36.5 Å². The van der Waals surface area contributed by atoms with Crippen molar-refractivity contribution in [3.63, 3.8) is 0 Å². The fraction of sp³-hybridized carbons (Fsp3) is 0.133. The Labute approximate surface area is 142 Å². The minimum atomic E-state index is -0.574. The Morgan fingerprint density at radius 2 is 2.00 bits per heavy atom. The Morgan fingerprint density at radius 1 is 1.22 bits per heavy atom. The highest BCUT2D eigenvalue weighted by molar-refractivity contribution is 6.36. The number of rotatable bonds is 4. The number of nitrogens with zero attached hydrogens (tertiary/aromatic N) is 1. The molecule has 0 fully saturated rings. The van der Waals surface area contributed by atoms with E-state index < -0.39 is 6.09 Å². The molecule has 0 aliphatic carbocycles. The van der Waals surface area contributed by atoms with Crippen molar-refractivity contribution in [3.8, 4) is 0 Å². The third-order valence-corrected chi connectivity index (χ3v) is 3.41. The van der Waals surface area contributed by atoms with Crippen LogP contribution in [0.25, 0.3) is 0 Å². The molecule has 1 aromatic heterocycles. The monoisotopic (exact) mass is 353 g/mol.